The Morgan fingerprint density at radius 3 is 3.15 bits per heavy atom. The van der Waals surface area contributed by atoms with E-state index >= 15 is 0 Å². The van der Waals surface area contributed by atoms with Gasteiger partial charge in [0.15, 0.2) is 0 Å². The van der Waals surface area contributed by atoms with Crippen LogP contribution in [-0.2, 0) is 9.53 Å². The van der Waals surface area contributed by atoms with E-state index in [0.717, 1.165) is 3.57 Å². The van der Waals surface area contributed by atoms with Gasteiger partial charge in [0.25, 0.3) is 0 Å². The highest BCUT2D eigenvalue weighted by atomic mass is 127. The Morgan fingerprint density at radius 2 is 2.54 bits per heavy atom. The van der Waals surface area contributed by atoms with Crippen molar-refractivity contribution in [2.24, 2.45) is 0 Å². The summed E-state index contributed by atoms with van der Waals surface area (Å²) < 4.78 is 5.33. The second-order valence-electron chi connectivity index (χ2n) is 2.15. The molecule has 0 spiro atoms. The van der Waals surface area contributed by atoms with Crippen molar-refractivity contribution in [3.63, 3.8) is 0 Å². The number of anilines is 1. The molecule has 0 bridgehead atoms. The average Bonchev–Trinajstić information content (AvgIpc) is 2.16. The summed E-state index contributed by atoms with van der Waals surface area (Å²) in [7, 11) is 1.34. The number of hydrogen-bond acceptors (Lipinski definition) is 5. The van der Waals surface area contributed by atoms with Gasteiger partial charge in [0.2, 0.25) is 0 Å². The Balaban J connectivity index is 2.54. The van der Waals surface area contributed by atoms with Gasteiger partial charge in [-0.05, 0) is 22.6 Å². The van der Waals surface area contributed by atoms with Crippen molar-refractivity contribution < 1.29 is 9.53 Å². The fourth-order valence-corrected chi connectivity index (χ4v) is 1.16. The number of methoxy groups -OCH3 is 1. The molecular formula is C7H8IN3O2. The van der Waals surface area contributed by atoms with E-state index in [1.165, 1.54) is 13.4 Å². The third-order valence-corrected chi connectivity index (χ3v) is 2.08. The van der Waals surface area contributed by atoms with Crippen molar-refractivity contribution in [1.82, 2.24) is 9.97 Å². The molecule has 70 valence electrons. The number of esters is 1. The summed E-state index contributed by atoms with van der Waals surface area (Å²) in [6, 6.07) is 0. The number of nitrogens with zero attached hydrogens (tertiary/aromatic N) is 2. The van der Waals surface area contributed by atoms with Crippen LogP contribution in [0.4, 0.5) is 5.82 Å². The maximum atomic E-state index is 10.8. The minimum absolute atomic E-state index is 0.115. The van der Waals surface area contributed by atoms with E-state index in [1.807, 2.05) is 0 Å². The van der Waals surface area contributed by atoms with Gasteiger partial charge < -0.3 is 10.1 Å². The first-order chi connectivity index (χ1) is 6.24. The molecule has 0 aliphatic rings. The molecule has 0 aromatic carbocycles. The standard InChI is InChI=1S/C7H8IN3O2/c1-13-6(12)3-10-7-5(8)2-9-4-11-7/h2,4H,3H2,1H3,(H,9,10,11). The molecule has 0 saturated carbocycles. The van der Waals surface area contributed by atoms with Crippen LogP contribution in [0.25, 0.3) is 0 Å². The molecule has 6 heteroatoms. The number of carbonyl (C=O) groups is 1. The summed E-state index contributed by atoms with van der Waals surface area (Å²) in [5.41, 5.74) is 0. The van der Waals surface area contributed by atoms with Crippen molar-refractivity contribution in [2.75, 3.05) is 19.0 Å². The predicted octanol–water partition coefficient (Wildman–Crippen LogP) is 0.666. The van der Waals surface area contributed by atoms with E-state index in [0.29, 0.717) is 5.82 Å². The molecule has 5 nitrogen and oxygen atoms in total. The van der Waals surface area contributed by atoms with E-state index in [9.17, 15) is 4.79 Å². The second-order valence-corrected chi connectivity index (χ2v) is 3.31. The fourth-order valence-electron chi connectivity index (χ4n) is 0.671. The lowest BCUT2D eigenvalue weighted by molar-refractivity contribution is -0.138. The molecule has 0 fully saturated rings. The number of nitrogens with one attached hydrogen (secondary N) is 1. The van der Waals surface area contributed by atoms with E-state index in [-0.39, 0.29) is 12.5 Å². The zero-order valence-corrected chi connectivity index (χ0v) is 9.11. The highest BCUT2D eigenvalue weighted by Crippen LogP contribution is 2.11. The molecule has 1 aromatic rings. The number of halogens is 1. The average molecular weight is 293 g/mol. The Hall–Kier alpha value is -0.920. The molecule has 1 heterocycles. The number of carbonyl (C=O) groups excluding carboxylic acids is 1. The molecule has 13 heavy (non-hydrogen) atoms. The van der Waals surface area contributed by atoms with Crippen LogP contribution >= 0.6 is 22.6 Å². The maximum absolute atomic E-state index is 10.8. The Kier molecular flexibility index (Phi) is 3.87. The third-order valence-electron chi connectivity index (χ3n) is 1.30. The van der Waals surface area contributed by atoms with E-state index in [1.54, 1.807) is 6.20 Å². The molecule has 0 aliphatic carbocycles. The molecule has 0 atom stereocenters. The molecule has 0 aliphatic heterocycles. The molecule has 1 N–H and O–H groups in total. The lowest BCUT2D eigenvalue weighted by atomic mass is 10.5. The highest BCUT2D eigenvalue weighted by Gasteiger charge is 2.03. The summed E-state index contributed by atoms with van der Waals surface area (Å²) in [6.07, 6.45) is 3.08. The van der Waals surface area contributed by atoms with E-state index < -0.39 is 0 Å². The van der Waals surface area contributed by atoms with Gasteiger partial charge in [0.05, 0.1) is 10.7 Å². The smallest absolute Gasteiger partial charge is 0.325 e. The van der Waals surface area contributed by atoms with Gasteiger partial charge >= 0.3 is 5.97 Å². The summed E-state index contributed by atoms with van der Waals surface area (Å²) in [4.78, 5) is 18.5. The van der Waals surface area contributed by atoms with Crippen LogP contribution in [0.3, 0.4) is 0 Å². The van der Waals surface area contributed by atoms with E-state index in [2.05, 4.69) is 42.6 Å². The zero-order valence-electron chi connectivity index (χ0n) is 6.95. The van der Waals surface area contributed by atoms with Crippen LogP contribution in [0.1, 0.15) is 0 Å². The van der Waals surface area contributed by atoms with Gasteiger partial charge in [-0.2, -0.15) is 0 Å². The Morgan fingerprint density at radius 1 is 1.77 bits per heavy atom. The normalized spacial score (nSPS) is 9.38. The van der Waals surface area contributed by atoms with Gasteiger partial charge in [-0.3, -0.25) is 4.79 Å². The van der Waals surface area contributed by atoms with Crippen molar-refractivity contribution >= 4 is 34.4 Å². The number of aromatic nitrogens is 2. The summed E-state index contributed by atoms with van der Waals surface area (Å²) in [5.74, 6) is 0.315. The van der Waals surface area contributed by atoms with Crippen molar-refractivity contribution in [3.05, 3.63) is 16.1 Å². The van der Waals surface area contributed by atoms with E-state index in [4.69, 9.17) is 0 Å². The summed E-state index contributed by atoms with van der Waals surface area (Å²) in [5, 5.41) is 2.83. The van der Waals surface area contributed by atoms with Crippen LogP contribution in [0.5, 0.6) is 0 Å². The summed E-state index contributed by atoms with van der Waals surface area (Å²) >= 11 is 2.08. The number of ether oxygens (including phenoxy) is 1. The predicted molar refractivity (Wildman–Crippen MR) is 55.3 cm³/mol. The third kappa shape index (κ3) is 3.13. The lowest BCUT2D eigenvalue weighted by Gasteiger charge is -2.04. The van der Waals surface area contributed by atoms with Crippen LogP contribution in [0.15, 0.2) is 12.5 Å². The number of hydrogen-bond donors (Lipinski definition) is 1. The van der Waals surface area contributed by atoms with Crippen LogP contribution in [0, 0.1) is 3.57 Å². The van der Waals surface area contributed by atoms with Crippen molar-refractivity contribution in [3.8, 4) is 0 Å². The molecule has 0 saturated heterocycles. The zero-order chi connectivity index (χ0) is 9.68. The lowest BCUT2D eigenvalue weighted by Crippen LogP contribution is -2.16. The second kappa shape index (κ2) is 4.95. The maximum Gasteiger partial charge on any atom is 0.325 e. The first-order valence-corrected chi connectivity index (χ1v) is 4.58. The summed E-state index contributed by atoms with van der Waals surface area (Å²) in [6.45, 7) is 0.115. The molecule has 0 unspecified atom stereocenters. The molecule has 1 aromatic heterocycles. The molecule has 1 rings (SSSR count). The molecular weight excluding hydrogens is 285 g/mol. The first kappa shape index (κ1) is 10.2. The highest BCUT2D eigenvalue weighted by molar-refractivity contribution is 14.1. The fraction of sp³-hybridized carbons (Fsp3) is 0.286. The molecule has 0 radical (unpaired) electrons. The van der Waals surface area contributed by atoms with Crippen molar-refractivity contribution in [2.45, 2.75) is 0 Å². The van der Waals surface area contributed by atoms with Gasteiger partial charge in [-0.15, -0.1) is 0 Å². The minimum Gasteiger partial charge on any atom is -0.468 e. The first-order valence-electron chi connectivity index (χ1n) is 3.50. The number of rotatable bonds is 3. The topological polar surface area (TPSA) is 64.1 Å². The Bertz CT molecular complexity index is 306. The molecule has 0 amide bonds. The quantitative estimate of drug-likeness (QED) is 0.655. The largest absolute Gasteiger partial charge is 0.468 e. The van der Waals surface area contributed by atoms with Gasteiger partial charge in [0, 0.05) is 6.20 Å². The van der Waals surface area contributed by atoms with Gasteiger partial charge in [-0.25, -0.2) is 9.97 Å². The van der Waals surface area contributed by atoms with Crippen LogP contribution in [-0.4, -0.2) is 29.6 Å². The minimum atomic E-state index is -0.325. The van der Waals surface area contributed by atoms with Crippen LogP contribution < -0.4 is 5.32 Å². The van der Waals surface area contributed by atoms with Crippen molar-refractivity contribution in [1.29, 1.82) is 0 Å². The van der Waals surface area contributed by atoms with Crippen LogP contribution in [0.2, 0.25) is 0 Å². The van der Waals surface area contributed by atoms with Gasteiger partial charge in [0.1, 0.15) is 18.7 Å². The SMILES string of the molecule is COC(=O)CNc1ncncc1I. The van der Waals surface area contributed by atoms with Gasteiger partial charge in [-0.1, -0.05) is 0 Å². The Labute approximate surface area is 89.1 Å². The monoisotopic (exact) mass is 293 g/mol.